The van der Waals surface area contributed by atoms with Gasteiger partial charge in [-0.05, 0) is 34.4 Å². The van der Waals surface area contributed by atoms with Crippen LogP contribution in [0.3, 0.4) is 0 Å². The van der Waals surface area contributed by atoms with Crippen LogP contribution >= 0.6 is 0 Å². The molecule has 5 nitrogen and oxygen atoms in total. The lowest BCUT2D eigenvalue weighted by molar-refractivity contribution is 0.109. The summed E-state index contributed by atoms with van der Waals surface area (Å²) in [6.45, 7) is 10.3. The topological polar surface area (TPSA) is 65.7 Å². The first-order valence-electron chi connectivity index (χ1n) is 5.94. The molecule has 0 heterocycles. The summed E-state index contributed by atoms with van der Waals surface area (Å²) in [4.78, 5) is 6.39. The largest absolute Gasteiger partial charge is 0.390 e. The molecule has 0 rings (SSSR count). The number of aliphatic imine (C=N–C) groups is 1. The molecule has 0 fully saturated rings. The maximum Gasteiger partial charge on any atom is 0.0914 e. The van der Waals surface area contributed by atoms with Crippen molar-refractivity contribution in [3.05, 3.63) is 0 Å². The average molecular weight is 229 g/mol. The first kappa shape index (κ1) is 15.3. The van der Waals surface area contributed by atoms with Crippen LogP contribution in [0.5, 0.6) is 0 Å². The van der Waals surface area contributed by atoms with Crippen molar-refractivity contribution in [2.75, 3.05) is 20.3 Å². The highest BCUT2D eigenvalue weighted by atomic mass is 15.3. The smallest absolute Gasteiger partial charge is 0.0914 e. The molecule has 5 heteroatoms. The second-order valence-corrected chi connectivity index (χ2v) is 4.14. The van der Waals surface area contributed by atoms with Gasteiger partial charge in [0.2, 0.25) is 0 Å². The van der Waals surface area contributed by atoms with Gasteiger partial charge < -0.3 is 11.1 Å². The molecule has 2 unspecified atom stereocenters. The molecule has 4 N–H and O–H groups in total. The lowest BCUT2D eigenvalue weighted by Gasteiger charge is -2.37. The van der Waals surface area contributed by atoms with Gasteiger partial charge in [-0.2, -0.15) is 0 Å². The molecule has 0 spiro atoms. The van der Waals surface area contributed by atoms with Gasteiger partial charge in [-0.15, -0.1) is 0 Å². The lowest BCUT2D eigenvalue weighted by Crippen LogP contribution is -2.57. The molecule has 0 aliphatic rings. The fourth-order valence-electron chi connectivity index (χ4n) is 1.82. The van der Waals surface area contributed by atoms with E-state index in [2.05, 4.69) is 48.2 Å². The summed E-state index contributed by atoms with van der Waals surface area (Å²) < 4.78 is 0. The molecule has 0 aromatic carbocycles. The Morgan fingerprint density at radius 3 is 2.38 bits per heavy atom. The number of likely N-dealkylation sites (N-methyl/N-ethyl adjacent to an activating group) is 2. The number of hydrogen-bond donors (Lipinski definition) is 3. The zero-order chi connectivity index (χ0) is 12.6. The third-order valence-corrected chi connectivity index (χ3v) is 2.81. The molecule has 0 amide bonds. The summed E-state index contributed by atoms with van der Waals surface area (Å²) in [7, 11) is 1.97. The molecule has 0 saturated carbocycles. The highest BCUT2D eigenvalue weighted by Gasteiger charge is 2.23. The third-order valence-electron chi connectivity index (χ3n) is 2.81. The predicted octanol–water partition coefficient (Wildman–Crippen LogP) is 0.185. The van der Waals surface area contributed by atoms with E-state index in [1.807, 2.05) is 7.05 Å². The number of nitrogens with zero attached hydrogens (tertiary/aromatic N) is 2. The molecule has 0 aliphatic heterocycles. The van der Waals surface area contributed by atoms with Crippen molar-refractivity contribution in [2.45, 2.75) is 45.9 Å². The van der Waals surface area contributed by atoms with Crippen LogP contribution in [0, 0.1) is 0 Å². The Bertz CT molecular complexity index is 193. The van der Waals surface area contributed by atoms with Gasteiger partial charge in [0, 0.05) is 12.1 Å². The third kappa shape index (κ3) is 4.92. The summed E-state index contributed by atoms with van der Waals surface area (Å²) >= 11 is 0. The summed E-state index contributed by atoms with van der Waals surface area (Å²) in [5.41, 5.74) is 5.23. The first-order valence-corrected chi connectivity index (χ1v) is 5.94. The van der Waals surface area contributed by atoms with E-state index < -0.39 is 0 Å². The molecule has 0 radical (unpaired) electrons. The Kier molecular flexibility index (Phi) is 8.15. The van der Waals surface area contributed by atoms with Crippen molar-refractivity contribution in [3.8, 4) is 0 Å². The minimum atomic E-state index is 0.263. The average Bonchev–Trinajstić information content (AvgIpc) is 2.26. The van der Waals surface area contributed by atoms with Gasteiger partial charge in [0.05, 0.1) is 19.2 Å². The second-order valence-electron chi connectivity index (χ2n) is 4.14. The Morgan fingerprint density at radius 1 is 1.38 bits per heavy atom. The van der Waals surface area contributed by atoms with Crippen LogP contribution in [-0.2, 0) is 0 Å². The monoisotopic (exact) mass is 229 g/mol. The van der Waals surface area contributed by atoms with Crippen LogP contribution in [-0.4, -0.2) is 49.7 Å². The standard InChI is InChI=1S/C11H27N5/c1-6-16(9(2)3)11(10(4)13-5)15-8-14-7-12/h7,9-11,13,15H,6,8H2,1-5H3,(H2,12,14). The van der Waals surface area contributed by atoms with Crippen molar-refractivity contribution >= 4 is 6.34 Å². The highest BCUT2D eigenvalue weighted by Crippen LogP contribution is 2.06. The number of nitrogens with one attached hydrogen (secondary N) is 2. The second kappa shape index (κ2) is 8.50. The van der Waals surface area contributed by atoms with E-state index in [9.17, 15) is 0 Å². The van der Waals surface area contributed by atoms with Gasteiger partial charge in [-0.3, -0.25) is 15.2 Å². The molecule has 2 atom stereocenters. The van der Waals surface area contributed by atoms with Crippen molar-refractivity contribution in [3.63, 3.8) is 0 Å². The van der Waals surface area contributed by atoms with Gasteiger partial charge in [-0.1, -0.05) is 6.92 Å². The van der Waals surface area contributed by atoms with Crippen molar-refractivity contribution in [1.82, 2.24) is 15.5 Å². The Balaban J connectivity index is 4.49. The Morgan fingerprint density at radius 2 is 2.00 bits per heavy atom. The van der Waals surface area contributed by atoms with Crippen molar-refractivity contribution in [2.24, 2.45) is 10.7 Å². The Labute approximate surface area is 99.5 Å². The quantitative estimate of drug-likeness (QED) is 0.316. The number of hydrogen-bond acceptors (Lipinski definition) is 4. The number of rotatable bonds is 8. The van der Waals surface area contributed by atoms with E-state index >= 15 is 0 Å². The predicted molar refractivity (Wildman–Crippen MR) is 70.5 cm³/mol. The van der Waals surface area contributed by atoms with Crippen LogP contribution in [0.1, 0.15) is 27.7 Å². The normalized spacial score (nSPS) is 16.2. The van der Waals surface area contributed by atoms with E-state index in [1.165, 1.54) is 6.34 Å². The molecule has 0 bridgehead atoms. The van der Waals surface area contributed by atoms with Gasteiger partial charge in [0.25, 0.3) is 0 Å². The number of nitrogens with two attached hydrogens (primary N) is 1. The van der Waals surface area contributed by atoms with E-state index in [1.54, 1.807) is 0 Å². The van der Waals surface area contributed by atoms with Crippen LogP contribution < -0.4 is 16.4 Å². The molecular formula is C11H27N5. The minimum absolute atomic E-state index is 0.263. The maximum atomic E-state index is 5.23. The van der Waals surface area contributed by atoms with Gasteiger partial charge in [0.1, 0.15) is 0 Å². The van der Waals surface area contributed by atoms with E-state index in [0.29, 0.717) is 18.8 Å². The molecular weight excluding hydrogens is 202 g/mol. The fourth-order valence-corrected chi connectivity index (χ4v) is 1.82. The van der Waals surface area contributed by atoms with Crippen molar-refractivity contribution < 1.29 is 0 Å². The maximum absolute atomic E-state index is 5.23. The lowest BCUT2D eigenvalue weighted by atomic mass is 10.2. The first-order chi connectivity index (χ1) is 7.58. The SMILES string of the molecule is CCN(C(C)C)C(NCN=CN)C(C)NC. The van der Waals surface area contributed by atoms with Crippen LogP contribution in [0.4, 0.5) is 0 Å². The minimum Gasteiger partial charge on any atom is -0.390 e. The summed E-state index contributed by atoms with van der Waals surface area (Å²) in [6, 6.07) is 0.857. The van der Waals surface area contributed by atoms with Crippen LogP contribution in [0.15, 0.2) is 4.99 Å². The summed E-state index contributed by atoms with van der Waals surface area (Å²) in [5, 5.41) is 6.66. The molecule has 0 saturated heterocycles. The van der Waals surface area contributed by atoms with E-state index in [-0.39, 0.29) is 6.17 Å². The molecule has 16 heavy (non-hydrogen) atoms. The van der Waals surface area contributed by atoms with E-state index in [4.69, 9.17) is 5.73 Å². The fraction of sp³-hybridized carbons (Fsp3) is 0.909. The summed E-state index contributed by atoms with van der Waals surface area (Å²) in [5.74, 6) is 0. The van der Waals surface area contributed by atoms with E-state index in [0.717, 1.165) is 6.54 Å². The van der Waals surface area contributed by atoms with Crippen LogP contribution in [0.2, 0.25) is 0 Å². The molecule has 0 aromatic rings. The zero-order valence-electron chi connectivity index (χ0n) is 11.2. The Hall–Kier alpha value is -0.650. The van der Waals surface area contributed by atoms with Gasteiger partial charge in [0.15, 0.2) is 0 Å². The van der Waals surface area contributed by atoms with Gasteiger partial charge >= 0.3 is 0 Å². The molecule has 96 valence electrons. The molecule has 0 aromatic heterocycles. The summed E-state index contributed by atoms with van der Waals surface area (Å²) in [6.07, 6.45) is 1.60. The van der Waals surface area contributed by atoms with Crippen LogP contribution in [0.25, 0.3) is 0 Å². The highest BCUT2D eigenvalue weighted by molar-refractivity contribution is 5.50. The van der Waals surface area contributed by atoms with Gasteiger partial charge in [-0.25, -0.2) is 0 Å². The van der Waals surface area contributed by atoms with Crippen molar-refractivity contribution in [1.29, 1.82) is 0 Å². The molecule has 0 aliphatic carbocycles. The zero-order valence-corrected chi connectivity index (χ0v) is 11.2.